The summed E-state index contributed by atoms with van der Waals surface area (Å²) in [4.78, 5) is 3.60. The molecular formula is C66H48N2O2S. The molecule has 4 nitrogen and oxygen atoms in total. The van der Waals surface area contributed by atoms with E-state index in [9.17, 15) is 0 Å². The zero-order chi connectivity index (χ0) is 47.1. The van der Waals surface area contributed by atoms with Crippen molar-refractivity contribution in [1.29, 1.82) is 0 Å². The van der Waals surface area contributed by atoms with E-state index in [1.807, 2.05) is 23.9 Å². The number of rotatable bonds is 11. The lowest BCUT2D eigenvalue weighted by Gasteiger charge is -2.27. The van der Waals surface area contributed by atoms with E-state index in [1.54, 1.807) is 0 Å². The van der Waals surface area contributed by atoms with Crippen LogP contribution in [0.3, 0.4) is 0 Å². The average molecular weight is 933 g/mol. The SMILES string of the molecule is C1=CC[C@@H](Sc2cccc(Nc3ccccc3)c2-c2ccccc2)C(c2ccc(N(c3ccc(-c4cccc5c6c(oc45)CCC=C6)cc3)c3ccc(-c4cccc5c4oc4ccccc45)cc3)cc2)=C1. The van der Waals surface area contributed by atoms with Crippen molar-refractivity contribution < 1.29 is 8.83 Å². The summed E-state index contributed by atoms with van der Waals surface area (Å²) >= 11 is 1.94. The first kappa shape index (κ1) is 42.6. The van der Waals surface area contributed by atoms with Crippen molar-refractivity contribution in [3.8, 4) is 33.4 Å². The lowest BCUT2D eigenvalue weighted by molar-refractivity contribution is 0.547. The lowest BCUT2D eigenvalue weighted by atomic mass is 9.96. The maximum absolute atomic E-state index is 6.56. The highest BCUT2D eigenvalue weighted by atomic mass is 32.2. The fourth-order valence-electron chi connectivity index (χ4n) is 10.5. The van der Waals surface area contributed by atoms with Gasteiger partial charge in [0.2, 0.25) is 0 Å². The van der Waals surface area contributed by atoms with Crippen LogP contribution in [-0.4, -0.2) is 5.25 Å². The minimum atomic E-state index is 0.216. The Morgan fingerprint density at radius 1 is 0.493 bits per heavy atom. The molecule has 11 aromatic rings. The highest BCUT2D eigenvalue weighted by Crippen LogP contribution is 2.46. The Hall–Kier alpha value is -8.51. The molecule has 71 heavy (non-hydrogen) atoms. The van der Waals surface area contributed by atoms with Crippen LogP contribution in [0.2, 0.25) is 0 Å². The smallest absolute Gasteiger partial charge is 0.143 e. The molecule has 340 valence electrons. The minimum Gasteiger partial charge on any atom is -0.460 e. The molecular weight excluding hydrogens is 885 g/mol. The summed E-state index contributed by atoms with van der Waals surface area (Å²) in [6.45, 7) is 0. The molecule has 0 unspecified atom stereocenters. The molecule has 0 fully saturated rings. The number of furan rings is 2. The normalized spacial score (nSPS) is 14.2. The van der Waals surface area contributed by atoms with E-state index in [2.05, 4.69) is 241 Å². The maximum atomic E-state index is 6.56. The predicted octanol–water partition coefficient (Wildman–Crippen LogP) is 19.0. The molecule has 5 heteroatoms. The minimum absolute atomic E-state index is 0.216. The quantitative estimate of drug-likeness (QED) is 0.140. The molecule has 2 aromatic heterocycles. The van der Waals surface area contributed by atoms with Gasteiger partial charge in [-0.25, -0.2) is 0 Å². The molecule has 0 bridgehead atoms. The Bertz CT molecular complexity index is 3830. The Balaban J connectivity index is 0.852. The van der Waals surface area contributed by atoms with Gasteiger partial charge in [0.25, 0.3) is 0 Å². The lowest BCUT2D eigenvalue weighted by Crippen LogP contribution is -2.11. The van der Waals surface area contributed by atoms with Gasteiger partial charge in [0.1, 0.15) is 22.5 Å². The Labute approximate surface area is 417 Å². The first-order valence-electron chi connectivity index (χ1n) is 24.5. The number of benzene rings is 9. The number of anilines is 5. The molecule has 2 aliphatic carbocycles. The average Bonchev–Trinajstić information content (AvgIpc) is 4.02. The number of fused-ring (bicyclic) bond motifs is 6. The Morgan fingerprint density at radius 3 is 1.82 bits per heavy atom. The molecule has 2 aliphatic rings. The highest BCUT2D eigenvalue weighted by molar-refractivity contribution is 8.00. The van der Waals surface area contributed by atoms with E-state index in [0.29, 0.717) is 0 Å². The fraction of sp³-hybridized carbons (Fsp3) is 0.0606. The van der Waals surface area contributed by atoms with E-state index in [0.717, 1.165) is 103 Å². The molecule has 0 aliphatic heterocycles. The van der Waals surface area contributed by atoms with Gasteiger partial charge < -0.3 is 19.1 Å². The first-order chi connectivity index (χ1) is 35.2. The van der Waals surface area contributed by atoms with Gasteiger partial charge in [-0.3, -0.25) is 0 Å². The van der Waals surface area contributed by atoms with E-state index in [-0.39, 0.29) is 5.25 Å². The van der Waals surface area contributed by atoms with Crippen LogP contribution in [0, 0.1) is 0 Å². The zero-order valence-electron chi connectivity index (χ0n) is 39.0. The largest absolute Gasteiger partial charge is 0.460 e. The Kier molecular flexibility index (Phi) is 11.1. The van der Waals surface area contributed by atoms with Crippen LogP contribution >= 0.6 is 11.8 Å². The van der Waals surface area contributed by atoms with Crippen molar-refractivity contribution in [3.63, 3.8) is 0 Å². The molecule has 1 N–H and O–H groups in total. The summed E-state index contributed by atoms with van der Waals surface area (Å²) in [5.41, 5.74) is 18.7. The van der Waals surface area contributed by atoms with Gasteiger partial charge in [-0.2, -0.15) is 0 Å². The maximum Gasteiger partial charge on any atom is 0.143 e. The number of hydrogen-bond acceptors (Lipinski definition) is 5. The van der Waals surface area contributed by atoms with E-state index < -0.39 is 0 Å². The second kappa shape index (κ2) is 18.4. The number of aryl methyl sites for hydroxylation is 1. The molecule has 2 heterocycles. The summed E-state index contributed by atoms with van der Waals surface area (Å²) in [5.74, 6) is 1.08. The number of hydrogen-bond donors (Lipinski definition) is 1. The molecule has 0 saturated carbocycles. The monoisotopic (exact) mass is 932 g/mol. The molecule has 0 spiro atoms. The third-order valence-electron chi connectivity index (χ3n) is 13.9. The van der Waals surface area contributed by atoms with Crippen molar-refractivity contribution in [1.82, 2.24) is 0 Å². The molecule has 13 rings (SSSR count). The zero-order valence-corrected chi connectivity index (χ0v) is 39.8. The van der Waals surface area contributed by atoms with Gasteiger partial charge >= 0.3 is 0 Å². The molecule has 9 aromatic carbocycles. The van der Waals surface area contributed by atoms with Gasteiger partial charge in [-0.1, -0.05) is 176 Å². The highest BCUT2D eigenvalue weighted by Gasteiger charge is 2.24. The second-order valence-corrected chi connectivity index (χ2v) is 19.5. The molecule has 0 amide bonds. The van der Waals surface area contributed by atoms with E-state index in [1.165, 1.54) is 38.1 Å². The molecule has 0 saturated heterocycles. The fourth-order valence-corrected chi connectivity index (χ4v) is 11.8. The van der Waals surface area contributed by atoms with Crippen LogP contribution in [0.4, 0.5) is 28.4 Å². The van der Waals surface area contributed by atoms with Crippen LogP contribution in [0.15, 0.2) is 250 Å². The van der Waals surface area contributed by atoms with Crippen molar-refractivity contribution in [2.24, 2.45) is 0 Å². The predicted molar refractivity (Wildman–Crippen MR) is 299 cm³/mol. The first-order valence-corrected chi connectivity index (χ1v) is 25.3. The van der Waals surface area contributed by atoms with Gasteiger partial charge in [0.15, 0.2) is 0 Å². The summed E-state index contributed by atoms with van der Waals surface area (Å²) in [6.07, 6.45) is 14.1. The van der Waals surface area contributed by atoms with E-state index in [4.69, 9.17) is 8.83 Å². The van der Waals surface area contributed by atoms with Gasteiger partial charge in [-0.05, 0) is 107 Å². The molecule has 0 radical (unpaired) electrons. The van der Waals surface area contributed by atoms with Gasteiger partial charge in [0, 0.05) is 83.4 Å². The summed E-state index contributed by atoms with van der Waals surface area (Å²) < 4.78 is 13.0. The number of thioether (sulfide) groups is 1. The van der Waals surface area contributed by atoms with Crippen molar-refractivity contribution in [2.45, 2.75) is 29.4 Å². The van der Waals surface area contributed by atoms with E-state index >= 15 is 0 Å². The van der Waals surface area contributed by atoms with Gasteiger partial charge in [0.05, 0.1) is 0 Å². The van der Waals surface area contributed by atoms with Crippen molar-refractivity contribution in [3.05, 3.63) is 254 Å². The third-order valence-corrected chi connectivity index (χ3v) is 15.2. The van der Waals surface area contributed by atoms with Crippen molar-refractivity contribution >= 4 is 84.8 Å². The number of allylic oxidation sites excluding steroid dienone is 4. The number of nitrogens with zero attached hydrogens (tertiary/aromatic N) is 1. The van der Waals surface area contributed by atoms with Crippen LogP contribution in [0.5, 0.6) is 0 Å². The van der Waals surface area contributed by atoms with Crippen molar-refractivity contribution in [2.75, 3.05) is 10.2 Å². The van der Waals surface area contributed by atoms with Crippen LogP contribution in [0.1, 0.15) is 29.7 Å². The Morgan fingerprint density at radius 2 is 1.10 bits per heavy atom. The standard InChI is InChI=1S/C66H48N2O2S/c1-3-16-47(17-4-1)64-59(67-48-18-5-2-6-19-48)27-15-31-63(64)71-62-30-12-9-20-52(62)44-32-38-49(39-33-44)68(50-40-34-45(35-41-50)53-23-13-25-57-55-21-7-10-28-60(55)69-65(53)57)51-42-36-46(37-43-51)54-24-14-26-58-56-22-8-11-29-61(56)70-66(54)58/h1-10,12-28,31-43,62,67H,11,29-30H2/t62-/m1/s1. The second-order valence-electron chi connectivity index (χ2n) is 18.2. The van der Waals surface area contributed by atoms with Crippen LogP contribution in [0.25, 0.3) is 77.9 Å². The summed E-state index contributed by atoms with van der Waals surface area (Å²) in [7, 11) is 0. The number of nitrogens with one attached hydrogen (secondary N) is 1. The van der Waals surface area contributed by atoms with Crippen LogP contribution < -0.4 is 10.2 Å². The number of para-hydroxylation sites is 4. The molecule has 1 atom stereocenters. The van der Waals surface area contributed by atoms with Crippen LogP contribution in [-0.2, 0) is 6.42 Å². The topological polar surface area (TPSA) is 41.5 Å². The summed E-state index contributed by atoms with van der Waals surface area (Å²) in [6, 6.07) is 76.0. The third kappa shape index (κ3) is 8.04. The summed E-state index contributed by atoms with van der Waals surface area (Å²) in [5, 5.41) is 7.37. The van der Waals surface area contributed by atoms with Gasteiger partial charge in [-0.15, -0.1) is 11.8 Å².